The van der Waals surface area contributed by atoms with E-state index < -0.39 is 11.7 Å². The second-order valence-electron chi connectivity index (χ2n) is 6.90. The molecule has 6 nitrogen and oxygen atoms in total. The molecule has 0 unspecified atom stereocenters. The highest BCUT2D eigenvalue weighted by Gasteiger charge is 2.20. The van der Waals surface area contributed by atoms with Gasteiger partial charge in [-0.05, 0) is 49.2 Å². The Labute approximate surface area is 172 Å². The molecule has 8 heteroatoms. The number of fused-ring (bicyclic) bond motifs is 1. The predicted octanol–water partition coefficient (Wildman–Crippen LogP) is 4.72. The minimum atomic E-state index is -0.414. The van der Waals surface area contributed by atoms with Crippen molar-refractivity contribution in [2.75, 3.05) is 12.4 Å². The molecule has 2 heterocycles. The summed E-state index contributed by atoms with van der Waals surface area (Å²) in [5, 5.41) is 11.6. The van der Waals surface area contributed by atoms with Gasteiger partial charge in [0.05, 0.1) is 18.2 Å². The van der Waals surface area contributed by atoms with Crippen LogP contribution in [-0.4, -0.2) is 27.8 Å². The number of amides is 1. The first-order chi connectivity index (χ1) is 14.1. The highest BCUT2D eigenvalue weighted by atomic mass is 35.5. The Morgan fingerprint density at radius 3 is 2.86 bits per heavy atom. The summed E-state index contributed by atoms with van der Waals surface area (Å²) in [5.41, 5.74) is 1.04. The Balaban J connectivity index is 1.66. The Morgan fingerprint density at radius 1 is 1.17 bits per heavy atom. The lowest BCUT2D eigenvalue weighted by Crippen LogP contribution is -2.13. The van der Waals surface area contributed by atoms with Crippen LogP contribution in [0.3, 0.4) is 0 Å². The van der Waals surface area contributed by atoms with Crippen molar-refractivity contribution in [3.63, 3.8) is 0 Å². The van der Waals surface area contributed by atoms with E-state index >= 15 is 0 Å². The number of hydrogen-bond donors (Lipinski definition) is 1. The molecule has 2 aromatic carbocycles. The van der Waals surface area contributed by atoms with Crippen molar-refractivity contribution in [3.8, 4) is 17.1 Å². The lowest BCUT2D eigenvalue weighted by atomic mass is 10.1. The number of ether oxygens (including phenoxy) is 1. The van der Waals surface area contributed by atoms with Crippen molar-refractivity contribution >= 4 is 23.2 Å². The summed E-state index contributed by atoms with van der Waals surface area (Å²) in [5.74, 6) is 0.938. The molecule has 0 fully saturated rings. The van der Waals surface area contributed by atoms with E-state index in [0.717, 1.165) is 38.1 Å². The maximum atomic E-state index is 14.6. The largest absolute Gasteiger partial charge is 0.496 e. The van der Waals surface area contributed by atoms with Crippen molar-refractivity contribution in [3.05, 3.63) is 58.6 Å². The van der Waals surface area contributed by atoms with Crippen LogP contribution in [0.25, 0.3) is 11.4 Å². The lowest BCUT2D eigenvalue weighted by Gasteiger charge is -2.12. The van der Waals surface area contributed by atoms with Crippen molar-refractivity contribution in [1.29, 1.82) is 0 Å². The molecule has 1 aliphatic rings. The van der Waals surface area contributed by atoms with Gasteiger partial charge in [0.25, 0.3) is 5.91 Å². The van der Waals surface area contributed by atoms with Crippen LogP contribution in [0.4, 0.5) is 10.1 Å². The molecular weight excluding hydrogens is 395 g/mol. The number of benzene rings is 2. The number of halogens is 2. The standard InChI is InChI=1S/C21H20ClFN4O2/c1-29-18-9-6-13(22)11-16(18)21(28)24-14-7-8-17(23)15(12-14)20-26-25-19-5-3-2-4-10-27(19)20/h6-9,11-12H,2-5,10H2,1H3,(H,24,28). The smallest absolute Gasteiger partial charge is 0.259 e. The molecule has 0 spiro atoms. The first-order valence-electron chi connectivity index (χ1n) is 9.43. The van der Waals surface area contributed by atoms with E-state index in [9.17, 15) is 9.18 Å². The number of carbonyl (C=O) groups excluding carboxylic acids is 1. The van der Waals surface area contributed by atoms with Gasteiger partial charge in [0.1, 0.15) is 17.4 Å². The van der Waals surface area contributed by atoms with Gasteiger partial charge in [-0.25, -0.2) is 4.39 Å². The SMILES string of the molecule is COc1ccc(Cl)cc1C(=O)Nc1ccc(F)c(-c2nnc3n2CCCCC3)c1. The number of methoxy groups -OCH3 is 1. The Hall–Kier alpha value is -2.93. The van der Waals surface area contributed by atoms with E-state index in [4.69, 9.17) is 16.3 Å². The molecule has 4 rings (SSSR count). The van der Waals surface area contributed by atoms with Crippen LogP contribution < -0.4 is 10.1 Å². The Morgan fingerprint density at radius 2 is 2.03 bits per heavy atom. The summed E-state index contributed by atoms with van der Waals surface area (Å²) in [7, 11) is 1.48. The normalized spacial score (nSPS) is 13.5. The molecule has 0 radical (unpaired) electrons. The van der Waals surface area contributed by atoms with Crippen LogP contribution in [0.2, 0.25) is 5.02 Å². The van der Waals surface area contributed by atoms with Crippen molar-refractivity contribution in [2.24, 2.45) is 0 Å². The number of nitrogens with zero attached hydrogens (tertiary/aromatic N) is 3. The number of aryl methyl sites for hydroxylation is 1. The fraction of sp³-hybridized carbons (Fsp3) is 0.286. The molecule has 0 saturated heterocycles. The number of aromatic nitrogens is 3. The molecular formula is C21H20ClFN4O2. The zero-order chi connectivity index (χ0) is 20.4. The van der Waals surface area contributed by atoms with E-state index in [1.165, 1.54) is 25.3 Å². The second-order valence-corrected chi connectivity index (χ2v) is 7.33. The molecule has 150 valence electrons. The average Bonchev–Trinajstić information content (AvgIpc) is 2.97. The van der Waals surface area contributed by atoms with Gasteiger partial charge < -0.3 is 14.6 Å². The number of nitrogens with one attached hydrogen (secondary N) is 1. The molecule has 0 bridgehead atoms. The van der Waals surface area contributed by atoms with Crippen LogP contribution in [0.1, 0.15) is 35.4 Å². The third kappa shape index (κ3) is 3.96. The van der Waals surface area contributed by atoms with Crippen LogP contribution in [0, 0.1) is 5.82 Å². The summed E-state index contributed by atoms with van der Waals surface area (Å²) in [4.78, 5) is 12.7. The predicted molar refractivity (Wildman–Crippen MR) is 109 cm³/mol. The second kappa shape index (κ2) is 8.21. The number of carbonyl (C=O) groups is 1. The van der Waals surface area contributed by atoms with E-state index in [1.54, 1.807) is 18.2 Å². The minimum absolute atomic E-state index is 0.294. The number of rotatable bonds is 4. The maximum absolute atomic E-state index is 14.6. The van der Waals surface area contributed by atoms with E-state index in [1.807, 2.05) is 4.57 Å². The molecule has 0 atom stereocenters. The fourth-order valence-electron chi connectivity index (χ4n) is 3.51. The molecule has 29 heavy (non-hydrogen) atoms. The Kier molecular flexibility index (Phi) is 5.49. The van der Waals surface area contributed by atoms with E-state index in [-0.39, 0.29) is 0 Å². The summed E-state index contributed by atoms with van der Waals surface area (Å²) in [6.07, 6.45) is 4.01. The number of hydrogen-bond acceptors (Lipinski definition) is 4. The maximum Gasteiger partial charge on any atom is 0.259 e. The highest BCUT2D eigenvalue weighted by molar-refractivity contribution is 6.31. The molecule has 0 aliphatic carbocycles. The highest BCUT2D eigenvalue weighted by Crippen LogP contribution is 2.29. The summed E-state index contributed by atoms with van der Waals surface area (Å²) in [6.45, 7) is 0.757. The van der Waals surface area contributed by atoms with Gasteiger partial charge in [-0.1, -0.05) is 18.0 Å². The zero-order valence-corrected chi connectivity index (χ0v) is 16.7. The van der Waals surface area contributed by atoms with E-state index in [0.29, 0.717) is 33.4 Å². The van der Waals surface area contributed by atoms with Gasteiger partial charge in [0.15, 0.2) is 5.82 Å². The molecule has 1 N–H and O–H groups in total. The third-order valence-electron chi connectivity index (χ3n) is 4.98. The lowest BCUT2D eigenvalue weighted by molar-refractivity contribution is 0.102. The molecule has 3 aromatic rings. The molecule has 1 amide bonds. The zero-order valence-electron chi connectivity index (χ0n) is 15.9. The summed E-state index contributed by atoms with van der Waals surface area (Å²) in [6, 6.07) is 9.19. The third-order valence-corrected chi connectivity index (χ3v) is 5.22. The fourth-order valence-corrected chi connectivity index (χ4v) is 3.69. The number of anilines is 1. The monoisotopic (exact) mass is 414 g/mol. The first-order valence-corrected chi connectivity index (χ1v) is 9.81. The molecule has 1 aromatic heterocycles. The quantitative estimate of drug-likeness (QED) is 0.670. The van der Waals surface area contributed by atoms with Gasteiger partial charge in [0.2, 0.25) is 0 Å². The van der Waals surface area contributed by atoms with Gasteiger partial charge in [-0.2, -0.15) is 0 Å². The molecule has 0 saturated carbocycles. The van der Waals surface area contributed by atoms with Crippen LogP contribution in [0.15, 0.2) is 36.4 Å². The first kappa shape index (κ1) is 19.4. The average molecular weight is 415 g/mol. The van der Waals surface area contributed by atoms with Crippen molar-refractivity contribution < 1.29 is 13.9 Å². The van der Waals surface area contributed by atoms with Gasteiger partial charge in [-0.15, -0.1) is 10.2 Å². The summed E-state index contributed by atoms with van der Waals surface area (Å²) < 4.78 is 21.8. The van der Waals surface area contributed by atoms with Gasteiger partial charge in [0, 0.05) is 23.7 Å². The van der Waals surface area contributed by atoms with Crippen molar-refractivity contribution in [2.45, 2.75) is 32.2 Å². The van der Waals surface area contributed by atoms with E-state index in [2.05, 4.69) is 15.5 Å². The topological polar surface area (TPSA) is 69.0 Å². The summed E-state index contributed by atoms with van der Waals surface area (Å²) >= 11 is 6.01. The Bertz CT molecular complexity index is 1070. The van der Waals surface area contributed by atoms with Gasteiger partial charge >= 0.3 is 0 Å². The van der Waals surface area contributed by atoms with Crippen LogP contribution >= 0.6 is 11.6 Å². The van der Waals surface area contributed by atoms with Crippen LogP contribution in [-0.2, 0) is 13.0 Å². The van der Waals surface area contributed by atoms with Crippen LogP contribution in [0.5, 0.6) is 5.75 Å². The van der Waals surface area contributed by atoms with Crippen molar-refractivity contribution in [1.82, 2.24) is 14.8 Å². The van der Waals surface area contributed by atoms with Gasteiger partial charge in [-0.3, -0.25) is 4.79 Å². The minimum Gasteiger partial charge on any atom is -0.496 e. The molecule has 1 aliphatic heterocycles.